The number of sulfonamides is 1. The van der Waals surface area contributed by atoms with E-state index in [-0.39, 0.29) is 23.3 Å². The van der Waals surface area contributed by atoms with Crippen molar-refractivity contribution in [1.82, 2.24) is 4.90 Å². The summed E-state index contributed by atoms with van der Waals surface area (Å²) >= 11 is 11.9. The summed E-state index contributed by atoms with van der Waals surface area (Å²) in [5.74, 6) is -0.623. The summed E-state index contributed by atoms with van der Waals surface area (Å²) in [6.07, 6.45) is 1.37. The van der Waals surface area contributed by atoms with Gasteiger partial charge in [0.05, 0.1) is 17.5 Å². The minimum atomic E-state index is -3.87. The molecular formula is C19H20Cl2N4O4S. The van der Waals surface area contributed by atoms with Gasteiger partial charge in [-0.25, -0.2) is 13.6 Å². The Morgan fingerprint density at radius 1 is 1.07 bits per heavy atom. The number of primary sulfonamides is 1. The van der Waals surface area contributed by atoms with Crippen LogP contribution >= 0.6 is 23.2 Å². The molecule has 2 amide bonds. The second kappa shape index (κ2) is 9.32. The van der Waals surface area contributed by atoms with Gasteiger partial charge >= 0.3 is 0 Å². The minimum Gasteiger partial charge on any atom is -0.325 e. The van der Waals surface area contributed by atoms with E-state index in [1.165, 1.54) is 18.2 Å². The van der Waals surface area contributed by atoms with Gasteiger partial charge in [-0.15, -0.1) is 0 Å². The number of likely N-dealkylation sites (tertiary alicyclic amines) is 1. The van der Waals surface area contributed by atoms with Crippen molar-refractivity contribution in [3.63, 3.8) is 0 Å². The number of nitrogens with one attached hydrogen (secondary N) is 2. The van der Waals surface area contributed by atoms with Gasteiger partial charge in [0.15, 0.2) is 0 Å². The van der Waals surface area contributed by atoms with Gasteiger partial charge in [0, 0.05) is 21.4 Å². The molecule has 1 aliphatic heterocycles. The molecule has 1 atom stereocenters. The van der Waals surface area contributed by atoms with E-state index in [1.807, 2.05) is 0 Å². The molecule has 2 aromatic rings. The van der Waals surface area contributed by atoms with E-state index in [4.69, 9.17) is 28.3 Å². The van der Waals surface area contributed by atoms with Gasteiger partial charge in [-0.2, -0.15) is 0 Å². The highest BCUT2D eigenvalue weighted by atomic mass is 35.5. The topological polar surface area (TPSA) is 122 Å². The van der Waals surface area contributed by atoms with E-state index in [2.05, 4.69) is 10.6 Å². The van der Waals surface area contributed by atoms with Gasteiger partial charge < -0.3 is 10.6 Å². The van der Waals surface area contributed by atoms with Crippen LogP contribution < -0.4 is 15.8 Å². The van der Waals surface area contributed by atoms with Gasteiger partial charge in [-0.3, -0.25) is 14.5 Å². The fourth-order valence-corrected chi connectivity index (χ4v) is 4.39. The Hall–Kier alpha value is -2.17. The SMILES string of the molecule is NS(=O)(=O)c1cccc(NC(=O)CN2CCCC2C(=O)Nc2cc(Cl)cc(Cl)c2)c1. The van der Waals surface area contributed by atoms with Crippen molar-refractivity contribution in [2.45, 2.75) is 23.8 Å². The van der Waals surface area contributed by atoms with Crippen LogP contribution in [0.3, 0.4) is 0 Å². The Labute approximate surface area is 184 Å². The van der Waals surface area contributed by atoms with Crippen LogP contribution in [0.4, 0.5) is 11.4 Å². The average Bonchev–Trinajstić information content (AvgIpc) is 3.08. The zero-order valence-electron chi connectivity index (χ0n) is 15.8. The number of hydrogen-bond acceptors (Lipinski definition) is 5. The monoisotopic (exact) mass is 470 g/mol. The molecule has 0 aliphatic carbocycles. The Morgan fingerprint density at radius 3 is 2.43 bits per heavy atom. The Bertz CT molecular complexity index is 1060. The third kappa shape index (κ3) is 5.93. The molecule has 11 heteroatoms. The number of nitrogens with two attached hydrogens (primary N) is 1. The van der Waals surface area contributed by atoms with E-state index < -0.39 is 16.1 Å². The largest absolute Gasteiger partial charge is 0.325 e. The fraction of sp³-hybridized carbons (Fsp3) is 0.263. The van der Waals surface area contributed by atoms with E-state index >= 15 is 0 Å². The molecular weight excluding hydrogens is 451 g/mol. The molecule has 8 nitrogen and oxygen atoms in total. The van der Waals surface area contributed by atoms with E-state index in [1.54, 1.807) is 29.2 Å². The molecule has 1 aliphatic rings. The van der Waals surface area contributed by atoms with Crippen molar-refractivity contribution in [3.8, 4) is 0 Å². The van der Waals surface area contributed by atoms with Crippen LogP contribution in [0, 0.1) is 0 Å². The van der Waals surface area contributed by atoms with Crippen LogP contribution in [0.25, 0.3) is 0 Å². The Morgan fingerprint density at radius 2 is 1.77 bits per heavy atom. The lowest BCUT2D eigenvalue weighted by Gasteiger charge is -2.23. The Kier molecular flexibility index (Phi) is 6.99. The third-order valence-corrected chi connectivity index (χ3v) is 5.94. The van der Waals surface area contributed by atoms with Crippen molar-refractivity contribution >= 4 is 56.4 Å². The van der Waals surface area contributed by atoms with Gasteiger partial charge in [-0.1, -0.05) is 29.3 Å². The lowest BCUT2D eigenvalue weighted by Crippen LogP contribution is -2.43. The van der Waals surface area contributed by atoms with Crippen LogP contribution in [0.1, 0.15) is 12.8 Å². The third-order valence-electron chi connectivity index (χ3n) is 4.59. The normalized spacial score (nSPS) is 17.0. The molecule has 0 aromatic heterocycles. The first kappa shape index (κ1) is 22.5. The molecule has 0 radical (unpaired) electrons. The van der Waals surface area contributed by atoms with Gasteiger partial charge in [0.1, 0.15) is 0 Å². The van der Waals surface area contributed by atoms with Gasteiger partial charge in [0.2, 0.25) is 21.8 Å². The molecule has 4 N–H and O–H groups in total. The van der Waals surface area contributed by atoms with Gasteiger partial charge in [0.25, 0.3) is 0 Å². The summed E-state index contributed by atoms with van der Waals surface area (Å²) in [4.78, 5) is 26.8. The van der Waals surface area contributed by atoms with Crippen LogP contribution in [-0.4, -0.2) is 44.3 Å². The van der Waals surface area contributed by atoms with Gasteiger partial charge in [-0.05, 0) is 55.8 Å². The van der Waals surface area contributed by atoms with Crippen molar-refractivity contribution in [2.24, 2.45) is 5.14 Å². The van der Waals surface area contributed by atoms with Crippen LogP contribution in [0.15, 0.2) is 47.4 Å². The number of halogens is 2. The van der Waals surface area contributed by atoms with Crippen molar-refractivity contribution in [1.29, 1.82) is 0 Å². The molecule has 1 heterocycles. The molecule has 1 fully saturated rings. The summed E-state index contributed by atoms with van der Waals surface area (Å²) in [6.45, 7) is 0.563. The fourth-order valence-electron chi connectivity index (χ4n) is 3.30. The molecule has 160 valence electrons. The number of rotatable bonds is 6. The number of nitrogens with zero attached hydrogens (tertiary/aromatic N) is 1. The number of anilines is 2. The van der Waals surface area contributed by atoms with Crippen molar-refractivity contribution in [3.05, 3.63) is 52.5 Å². The molecule has 30 heavy (non-hydrogen) atoms. The van der Waals surface area contributed by atoms with E-state index in [0.29, 0.717) is 34.4 Å². The van der Waals surface area contributed by atoms with Crippen LogP contribution in [0.2, 0.25) is 10.0 Å². The molecule has 0 spiro atoms. The molecule has 1 saturated heterocycles. The highest BCUT2D eigenvalue weighted by Gasteiger charge is 2.32. The first-order chi connectivity index (χ1) is 14.1. The van der Waals surface area contributed by atoms with Crippen molar-refractivity contribution in [2.75, 3.05) is 23.7 Å². The smallest absolute Gasteiger partial charge is 0.241 e. The molecule has 2 aromatic carbocycles. The minimum absolute atomic E-state index is 0.0198. The maximum absolute atomic E-state index is 12.7. The maximum atomic E-state index is 12.7. The summed E-state index contributed by atoms with van der Waals surface area (Å²) in [6, 6.07) is 9.94. The van der Waals surface area contributed by atoms with E-state index in [9.17, 15) is 18.0 Å². The summed E-state index contributed by atoms with van der Waals surface area (Å²) < 4.78 is 22.9. The number of hydrogen-bond donors (Lipinski definition) is 3. The highest BCUT2D eigenvalue weighted by molar-refractivity contribution is 7.89. The van der Waals surface area contributed by atoms with E-state index in [0.717, 1.165) is 6.42 Å². The predicted octanol–water partition coefficient (Wildman–Crippen LogP) is 2.68. The summed E-state index contributed by atoms with van der Waals surface area (Å²) in [7, 11) is -3.87. The predicted molar refractivity (Wildman–Crippen MR) is 116 cm³/mol. The number of carbonyl (C=O) groups excluding carboxylic acids is 2. The average molecular weight is 471 g/mol. The molecule has 0 saturated carbocycles. The highest BCUT2D eigenvalue weighted by Crippen LogP contribution is 2.24. The molecule has 3 rings (SSSR count). The summed E-state index contributed by atoms with van der Waals surface area (Å²) in [5, 5.41) is 11.3. The first-order valence-electron chi connectivity index (χ1n) is 9.05. The maximum Gasteiger partial charge on any atom is 0.241 e. The Balaban J connectivity index is 1.63. The van der Waals surface area contributed by atoms with Crippen molar-refractivity contribution < 1.29 is 18.0 Å². The standard InChI is InChI=1S/C19H20Cl2N4O4S/c20-12-7-13(21)9-15(8-12)24-19(27)17-5-2-6-25(17)11-18(26)23-14-3-1-4-16(10-14)30(22,28)29/h1,3-4,7-10,17H,2,5-6,11H2,(H,23,26)(H,24,27)(H2,22,28,29). The zero-order valence-corrected chi connectivity index (χ0v) is 18.1. The second-order valence-electron chi connectivity index (χ2n) is 6.90. The molecule has 1 unspecified atom stereocenters. The first-order valence-corrected chi connectivity index (χ1v) is 11.4. The number of benzene rings is 2. The quantitative estimate of drug-likeness (QED) is 0.598. The lowest BCUT2D eigenvalue weighted by molar-refractivity contribution is -0.122. The number of amides is 2. The number of carbonyl (C=O) groups is 2. The lowest BCUT2D eigenvalue weighted by atomic mass is 10.2. The molecule has 0 bridgehead atoms. The summed E-state index contributed by atoms with van der Waals surface area (Å²) in [5.41, 5.74) is 0.786. The second-order valence-corrected chi connectivity index (χ2v) is 9.33. The van der Waals surface area contributed by atoms with Crippen LogP contribution in [-0.2, 0) is 19.6 Å². The van der Waals surface area contributed by atoms with Crippen LogP contribution in [0.5, 0.6) is 0 Å². The zero-order chi connectivity index (χ0) is 21.9.